The molecule has 94 valence electrons. The quantitative estimate of drug-likeness (QED) is 0.629. The lowest BCUT2D eigenvalue weighted by Gasteiger charge is -2.48. The first-order valence-electron chi connectivity index (χ1n) is 6.68. The minimum absolute atomic E-state index is 0.478. The molecule has 0 saturated heterocycles. The van der Waals surface area contributed by atoms with Crippen LogP contribution in [-0.4, -0.2) is 9.83 Å². The van der Waals surface area contributed by atoms with Gasteiger partial charge in [0.05, 0.1) is 4.08 Å². The van der Waals surface area contributed by atoms with Gasteiger partial charge in [0, 0.05) is 4.90 Å². The van der Waals surface area contributed by atoms with Crippen LogP contribution in [-0.2, 0) is 0 Å². The largest absolute Gasteiger partial charge is 0.144 e. The van der Waals surface area contributed by atoms with Crippen molar-refractivity contribution in [2.24, 2.45) is 5.92 Å². The zero-order valence-electron chi connectivity index (χ0n) is 10.8. The monoisotopic (exact) mass is 266 g/mol. The minimum atomic E-state index is 0.478. The second kappa shape index (κ2) is 6.19. The van der Waals surface area contributed by atoms with Crippen molar-refractivity contribution in [1.82, 2.24) is 0 Å². The third-order valence-electron chi connectivity index (χ3n) is 3.54. The van der Waals surface area contributed by atoms with Crippen molar-refractivity contribution in [3.63, 3.8) is 0 Å². The maximum Gasteiger partial charge on any atom is 0.0686 e. The summed E-state index contributed by atoms with van der Waals surface area (Å²) in [5.41, 5.74) is 0. The van der Waals surface area contributed by atoms with E-state index < -0.39 is 0 Å². The highest BCUT2D eigenvalue weighted by molar-refractivity contribution is 8.18. The van der Waals surface area contributed by atoms with Crippen LogP contribution in [0.25, 0.3) is 0 Å². The second-order valence-electron chi connectivity index (χ2n) is 4.72. The van der Waals surface area contributed by atoms with Crippen LogP contribution >= 0.6 is 23.5 Å². The molecule has 0 aromatic heterocycles. The predicted molar refractivity (Wildman–Crippen MR) is 80.8 cm³/mol. The summed E-state index contributed by atoms with van der Waals surface area (Å²) < 4.78 is 0.478. The zero-order valence-corrected chi connectivity index (χ0v) is 12.4. The molecule has 17 heavy (non-hydrogen) atoms. The molecule has 1 aliphatic carbocycles. The highest BCUT2D eigenvalue weighted by atomic mass is 32.2. The first kappa shape index (κ1) is 13.4. The van der Waals surface area contributed by atoms with E-state index in [0.717, 1.165) is 5.92 Å². The highest BCUT2D eigenvalue weighted by Crippen LogP contribution is 2.59. The Kier molecular flexibility index (Phi) is 4.87. The van der Waals surface area contributed by atoms with E-state index in [1.165, 1.54) is 36.3 Å². The third kappa shape index (κ3) is 3.03. The summed E-state index contributed by atoms with van der Waals surface area (Å²) >= 11 is 4.31. The Bertz CT molecular complexity index is 334. The lowest BCUT2D eigenvalue weighted by atomic mass is 9.82. The van der Waals surface area contributed by atoms with E-state index in [2.05, 4.69) is 67.7 Å². The van der Waals surface area contributed by atoms with Gasteiger partial charge in [-0.2, -0.15) is 0 Å². The number of hydrogen-bond acceptors (Lipinski definition) is 2. The van der Waals surface area contributed by atoms with Gasteiger partial charge in [0.25, 0.3) is 0 Å². The van der Waals surface area contributed by atoms with Gasteiger partial charge in [-0.3, -0.25) is 0 Å². The smallest absolute Gasteiger partial charge is 0.0686 e. The molecule has 1 aromatic rings. The van der Waals surface area contributed by atoms with Gasteiger partial charge in [-0.1, -0.05) is 38.5 Å². The van der Waals surface area contributed by atoms with E-state index in [1.54, 1.807) is 0 Å². The Hall–Kier alpha value is -0.0800. The fourth-order valence-corrected chi connectivity index (χ4v) is 5.89. The first-order valence-corrected chi connectivity index (χ1v) is 8.49. The Labute approximate surface area is 114 Å². The van der Waals surface area contributed by atoms with Gasteiger partial charge < -0.3 is 0 Å². The molecule has 0 amide bonds. The lowest BCUT2D eigenvalue weighted by Crippen LogP contribution is -2.41. The number of thioether (sulfide) groups is 2. The Balaban J connectivity index is 2.06. The molecular weight excluding hydrogens is 244 g/mol. The fourth-order valence-electron chi connectivity index (χ4n) is 2.42. The van der Waals surface area contributed by atoms with Crippen LogP contribution in [0.15, 0.2) is 35.2 Å². The first-order chi connectivity index (χ1) is 8.30. The molecule has 0 spiro atoms. The summed E-state index contributed by atoms with van der Waals surface area (Å²) in [6.07, 6.45) is 5.43. The molecule has 1 aliphatic rings. The van der Waals surface area contributed by atoms with Crippen molar-refractivity contribution < 1.29 is 0 Å². The average Bonchev–Trinajstić information content (AvgIpc) is 2.35. The molecule has 2 atom stereocenters. The fraction of sp³-hybridized carbons (Fsp3) is 0.600. The normalized spacial score (nSPS) is 27.8. The summed E-state index contributed by atoms with van der Waals surface area (Å²) in [6, 6.07) is 10.9. The minimum Gasteiger partial charge on any atom is -0.144 e. The van der Waals surface area contributed by atoms with Gasteiger partial charge in [0.1, 0.15) is 0 Å². The molecule has 2 rings (SSSR count). The van der Waals surface area contributed by atoms with E-state index >= 15 is 0 Å². The SMILES string of the molecule is CCCSC1(Sc2ccccc2)CCC1CC. The van der Waals surface area contributed by atoms with Gasteiger partial charge in [-0.25, -0.2) is 0 Å². The summed E-state index contributed by atoms with van der Waals surface area (Å²) in [5, 5.41) is 0. The van der Waals surface area contributed by atoms with Crippen molar-refractivity contribution in [3.05, 3.63) is 30.3 Å². The molecule has 1 fully saturated rings. The maximum absolute atomic E-state index is 2.34. The van der Waals surface area contributed by atoms with E-state index in [-0.39, 0.29) is 0 Å². The Morgan fingerprint density at radius 1 is 1.24 bits per heavy atom. The molecule has 0 radical (unpaired) electrons. The van der Waals surface area contributed by atoms with Crippen LogP contribution in [0.3, 0.4) is 0 Å². The van der Waals surface area contributed by atoms with Crippen molar-refractivity contribution in [2.45, 2.75) is 48.5 Å². The van der Waals surface area contributed by atoms with E-state index in [0.29, 0.717) is 4.08 Å². The molecule has 0 aliphatic heterocycles. The van der Waals surface area contributed by atoms with Crippen molar-refractivity contribution in [1.29, 1.82) is 0 Å². The van der Waals surface area contributed by atoms with Crippen LogP contribution in [0.5, 0.6) is 0 Å². The van der Waals surface area contributed by atoms with Gasteiger partial charge in [0.15, 0.2) is 0 Å². The third-order valence-corrected chi connectivity index (χ3v) is 7.17. The molecule has 2 unspecified atom stereocenters. The summed E-state index contributed by atoms with van der Waals surface area (Å²) in [5.74, 6) is 2.21. The highest BCUT2D eigenvalue weighted by Gasteiger charge is 2.46. The van der Waals surface area contributed by atoms with Gasteiger partial charge in [0.2, 0.25) is 0 Å². The van der Waals surface area contributed by atoms with Crippen molar-refractivity contribution >= 4 is 23.5 Å². The van der Waals surface area contributed by atoms with Gasteiger partial charge in [-0.05, 0) is 43.1 Å². The van der Waals surface area contributed by atoms with E-state index in [9.17, 15) is 0 Å². The van der Waals surface area contributed by atoms with Gasteiger partial charge >= 0.3 is 0 Å². The van der Waals surface area contributed by atoms with Crippen LogP contribution in [0.2, 0.25) is 0 Å². The topological polar surface area (TPSA) is 0 Å². The van der Waals surface area contributed by atoms with E-state index in [1.807, 2.05) is 0 Å². The zero-order chi connectivity index (χ0) is 12.1. The molecule has 0 N–H and O–H groups in total. The molecule has 0 heterocycles. The molecule has 0 bridgehead atoms. The molecule has 2 heteroatoms. The van der Waals surface area contributed by atoms with Crippen molar-refractivity contribution in [2.75, 3.05) is 5.75 Å². The van der Waals surface area contributed by atoms with Crippen LogP contribution in [0, 0.1) is 5.92 Å². The van der Waals surface area contributed by atoms with Gasteiger partial charge in [-0.15, -0.1) is 23.5 Å². The van der Waals surface area contributed by atoms with Crippen LogP contribution < -0.4 is 0 Å². The number of benzene rings is 1. The van der Waals surface area contributed by atoms with E-state index in [4.69, 9.17) is 0 Å². The Morgan fingerprint density at radius 3 is 2.53 bits per heavy atom. The van der Waals surface area contributed by atoms with Crippen LogP contribution in [0.1, 0.15) is 39.5 Å². The summed E-state index contributed by atoms with van der Waals surface area (Å²) in [4.78, 5) is 1.44. The maximum atomic E-state index is 2.34. The lowest BCUT2D eigenvalue weighted by molar-refractivity contribution is 0.293. The Morgan fingerprint density at radius 2 is 2.00 bits per heavy atom. The molecular formula is C15H22S2. The number of rotatable bonds is 6. The number of hydrogen-bond donors (Lipinski definition) is 0. The molecule has 0 nitrogen and oxygen atoms in total. The average molecular weight is 266 g/mol. The molecule has 1 saturated carbocycles. The van der Waals surface area contributed by atoms with Crippen molar-refractivity contribution in [3.8, 4) is 0 Å². The predicted octanol–water partition coefficient (Wildman–Crippen LogP) is 5.44. The van der Waals surface area contributed by atoms with Crippen LogP contribution in [0.4, 0.5) is 0 Å². The standard InChI is InChI=1S/C15H22S2/c1-3-12-16-15(11-10-13(15)4-2)17-14-8-6-5-7-9-14/h5-9,13H,3-4,10-12H2,1-2H3. The second-order valence-corrected chi connectivity index (χ2v) is 7.81. The summed E-state index contributed by atoms with van der Waals surface area (Å²) in [6.45, 7) is 4.63. The summed E-state index contributed by atoms with van der Waals surface area (Å²) in [7, 11) is 0. The molecule has 1 aromatic carbocycles.